The van der Waals surface area contributed by atoms with Gasteiger partial charge in [0.05, 0.1) is 16.9 Å². The lowest BCUT2D eigenvalue weighted by atomic mass is 10.1. The summed E-state index contributed by atoms with van der Waals surface area (Å²) in [6.07, 6.45) is 0.306. The van der Waals surface area contributed by atoms with Crippen molar-refractivity contribution in [1.29, 1.82) is 0 Å². The van der Waals surface area contributed by atoms with E-state index in [-0.39, 0.29) is 17.1 Å². The number of allylic oxidation sites excluding steroid dienone is 1. The van der Waals surface area contributed by atoms with Crippen LogP contribution in [-0.4, -0.2) is 15.6 Å². The highest BCUT2D eigenvalue weighted by Gasteiger charge is 2.30. The average Bonchev–Trinajstić information content (AvgIpc) is 3.56. The lowest BCUT2D eigenvalue weighted by Gasteiger charge is -2.07. The Morgan fingerprint density at radius 2 is 1.65 bits per heavy atom. The molecule has 4 nitrogen and oxygen atoms in total. The van der Waals surface area contributed by atoms with Crippen LogP contribution in [0.25, 0.3) is 34.3 Å². The van der Waals surface area contributed by atoms with Gasteiger partial charge in [-0.2, -0.15) is 18.3 Å². The Morgan fingerprint density at radius 1 is 0.892 bits per heavy atom. The van der Waals surface area contributed by atoms with Gasteiger partial charge in [0.25, 0.3) is 0 Å². The van der Waals surface area contributed by atoms with E-state index in [0.29, 0.717) is 16.3 Å². The summed E-state index contributed by atoms with van der Waals surface area (Å²) in [5, 5.41) is 5.29. The zero-order valence-corrected chi connectivity index (χ0v) is 19.9. The molecule has 0 atom stereocenters. The third kappa shape index (κ3) is 5.42. The van der Waals surface area contributed by atoms with Gasteiger partial charge < -0.3 is 4.42 Å². The third-order valence-corrected chi connectivity index (χ3v) is 5.87. The minimum Gasteiger partial charge on any atom is -0.453 e. The van der Waals surface area contributed by atoms with Gasteiger partial charge in [-0.15, -0.1) is 0 Å². The van der Waals surface area contributed by atoms with Crippen molar-refractivity contribution in [1.82, 2.24) is 9.78 Å². The number of carbonyl (C=O) groups is 1. The van der Waals surface area contributed by atoms with Gasteiger partial charge in [0.1, 0.15) is 5.76 Å². The van der Waals surface area contributed by atoms with E-state index in [1.807, 2.05) is 42.5 Å². The van der Waals surface area contributed by atoms with Crippen LogP contribution >= 0.6 is 11.6 Å². The Hall–Kier alpha value is -4.36. The van der Waals surface area contributed by atoms with Gasteiger partial charge in [-0.05, 0) is 60.7 Å². The molecule has 3 aromatic carbocycles. The van der Waals surface area contributed by atoms with Crippen LogP contribution in [-0.2, 0) is 6.18 Å². The maximum atomic E-state index is 13.1. The first-order chi connectivity index (χ1) is 17.8. The molecule has 0 radical (unpaired) electrons. The lowest BCUT2D eigenvalue weighted by Crippen LogP contribution is -2.04. The zero-order chi connectivity index (χ0) is 26.0. The number of carbonyl (C=O) groups excluding carboxylic acids is 1. The fourth-order valence-electron chi connectivity index (χ4n) is 3.78. The summed E-state index contributed by atoms with van der Waals surface area (Å²) in [7, 11) is 0. The second-order valence-electron chi connectivity index (χ2n) is 8.16. The number of ketones is 1. The summed E-state index contributed by atoms with van der Waals surface area (Å²) < 4.78 is 46.5. The normalized spacial score (nSPS) is 11.8. The lowest BCUT2D eigenvalue weighted by molar-refractivity contribution is -0.137. The third-order valence-electron chi connectivity index (χ3n) is 5.62. The molecule has 184 valence electrons. The molecule has 0 aliphatic rings. The second-order valence-corrected chi connectivity index (χ2v) is 8.60. The predicted octanol–water partition coefficient (Wildman–Crippen LogP) is 8.37. The van der Waals surface area contributed by atoms with E-state index in [2.05, 4.69) is 0 Å². The molecule has 5 aromatic rings. The van der Waals surface area contributed by atoms with Gasteiger partial charge in [0.15, 0.2) is 5.76 Å². The van der Waals surface area contributed by atoms with E-state index >= 15 is 0 Å². The van der Waals surface area contributed by atoms with Crippen molar-refractivity contribution in [3.05, 3.63) is 125 Å². The highest BCUT2D eigenvalue weighted by atomic mass is 35.5. The molecule has 0 aliphatic heterocycles. The summed E-state index contributed by atoms with van der Waals surface area (Å²) in [6.45, 7) is 0. The highest BCUT2D eigenvalue weighted by Crippen LogP contribution is 2.33. The van der Waals surface area contributed by atoms with Gasteiger partial charge in [0.2, 0.25) is 5.78 Å². The number of para-hydroxylation sites is 1. The van der Waals surface area contributed by atoms with E-state index in [0.717, 1.165) is 23.4 Å². The summed E-state index contributed by atoms with van der Waals surface area (Å²) in [5.41, 5.74) is 2.43. The first-order valence-corrected chi connectivity index (χ1v) is 11.6. The molecule has 0 fully saturated rings. The number of halogens is 4. The van der Waals surface area contributed by atoms with Gasteiger partial charge in [0, 0.05) is 27.9 Å². The Balaban J connectivity index is 1.44. The Labute approximate surface area is 215 Å². The second kappa shape index (κ2) is 9.95. The van der Waals surface area contributed by atoms with Crippen molar-refractivity contribution in [3.63, 3.8) is 0 Å². The molecule has 0 bridgehead atoms. The molecule has 5 rings (SSSR count). The van der Waals surface area contributed by atoms with Crippen molar-refractivity contribution in [2.24, 2.45) is 0 Å². The molecule has 2 aromatic heterocycles. The number of hydrogen-bond donors (Lipinski definition) is 0. The first kappa shape index (κ1) is 24.3. The van der Waals surface area contributed by atoms with Crippen molar-refractivity contribution >= 4 is 23.5 Å². The summed E-state index contributed by atoms with van der Waals surface area (Å²) in [5.74, 6) is -0.263. The Bertz CT molecular complexity index is 1580. The maximum Gasteiger partial charge on any atom is 0.416 e. The minimum absolute atomic E-state index is 0.00663. The maximum absolute atomic E-state index is 13.1. The van der Waals surface area contributed by atoms with E-state index in [4.69, 9.17) is 21.1 Å². The van der Waals surface area contributed by atoms with Crippen LogP contribution in [0.4, 0.5) is 13.2 Å². The number of aromatic nitrogens is 2. The molecule has 8 heteroatoms. The number of nitrogens with zero attached hydrogens (tertiary/aromatic N) is 2. The molecule has 0 unspecified atom stereocenters. The Kier molecular flexibility index (Phi) is 6.54. The van der Waals surface area contributed by atoms with Crippen LogP contribution in [0, 0.1) is 0 Å². The number of rotatable bonds is 6. The van der Waals surface area contributed by atoms with Crippen LogP contribution in [0.1, 0.15) is 21.7 Å². The van der Waals surface area contributed by atoms with Crippen LogP contribution in [0.15, 0.2) is 108 Å². The Morgan fingerprint density at radius 3 is 2.38 bits per heavy atom. The number of hydrogen-bond acceptors (Lipinski definition) is 3. The summed E-state index contributed by atoms with van der Waals surface area (Å²) >= 11 is 6.04. The largest absolute Gasteiger partial charge is 0.453 e. The molecular formula is C29H18ClF3N2O2. The average molecular weight is 519 g/mol. The quantitative estimate of drug-likeness (QED) is 0.167. The number of benzene rings is 3. The molecule has 2 heterocycles. The highest BCUT2D eigenvalue weighted by molar-refractivity contribution is 6.30. The van der Waals surface area contributed by atoms with Gasteiger partial charge in [-0.3, -0.25) is 4.79 Å². The van der Waals surface area contributed by atoms with Crippen molar-refractivity contribution in [2.45, 2.75) is 6.18 Å². The number of alkyl halides is 3. The summed E-state index contributed by atoms with van der Waals surface area (Å²) in [6, 6.07) is 24.4. The van der Waals surface area contributed by atoms with Crippen LogP contribution in [0.2, 0.25) is 5.02 Å². The molecule has 0 spiro atoms. The SMILES string of the molecule is O=C(C=Cc1cn(-c2ccccc2)nc1-c1ccc(Cl)cc1)c1ccc(-c2cccc(C(F)(F)F)c2)o1. The smallest absolute Gasteiger partial charge is 0.416 e. The summed E-state index contributed by atoms with van der Waals surface area (Å²) in [4.78, 5) is 12.9. The van der Waals surface area contributed by atoms with E-state index in [1.54, 1.807) is 29.1 Å². The molecule has 0 saturated carbocycles. The van der Waals surface area contributed by atoms with Crippen LogP contribution in [0.5, 0.6) is 0 Å². The molecule has 0 N–H and O–H groups in total. The predicted molar refractivity (Wildman–Crippen MR) is 137 cm³/mol. The fraction of sp³-hybridized carbons (Fsp3) is 0.0345. The standard InChI is InChI=1S/C29H18ClF3N2O2/c30-23-12-9-19(10-13-23)28-21(18-35(34-28)24-7-2-1-3-8-24)11-14-25(36)27-16-15-26(37-27)20-5-4-6-22(17-20)29(31,32)33/h1-18H. The van der Waals surface area contributed by atoms with Gasteiger partial charge in [-0.1, -0.05) is 54.1 Å². The molecule has 0 amide bonds. The van der Waals surface area contributed by atoms with E-state index in [1.165, 1.54) is 30.3 Å². The molecule has 37 heavy (non-hydrogen) atoms. The zero-order valence-electron chi connectivity index (χ0n) is 19.1. The van der Waals surface area contributed by atoms with Gasteiger partial charge >= 0.3 is 6.18 Å². The van der Waals surface area contributed by atoms with Crippen molar-refractivity contribution in [3.8, 4) is 28.3 Å². The van der Waals surface area contributed by atoms with Gasteiger partial charge in [-0.25, -0.2) is 4.68 Å². The van der Waals surface area contributed by atoms with Crippen LogP contribution < -0.4 is 0 Å². The first-order valence-electron chi connectivity index (χ1n) is 11.2. The van der Waals surface area contributed by atoms with Crippen molar-refractivity contribution < 1.29 is 22.4 Å². The minimum atomic E-state index is -4.48. The molecule has 0 saturated heterocycles. The van der Waals surface area contributed by atoms with Crippen LogP contribution in [0.3, 0.4) is 0 Å². The molecular weight excluding hydrogens is 501 g/mol. The van der Waals surface area contributed by atoms with E-state index < -0.39 is 17.5 Å². The number of furan rings is 1. The topological polar surface area (TPSA) is 48.0 Å². The molecule has 0 aliphatic carbocycles. The fourth-order valence-corrected chi connectivity index (χ4v) is 3.90. The van der Waals surface area contributed by atoms with E-state index in [9.17, 15) is 18.0 Å². The monoisotopic (exact) mass is 518 g/mol. The van der Waals surface area contributed by atoms with Crippen molar-refractivity contribution in [2.75, 3.05) is 0 Å².